The zero-order valence-electron chi connectivity index (χ0n) is 10.3. The number of thiazole rings is 1. The van der Waals surface area contributed by atoms with Gasteiger partial charge in [0.15, 0.2) is 0 Å². The first-order valence-electron chi connectivity index (χ1n) is 6.02. The maximum Gasteiger partial charge on any atom is 0.223 e. The number of aromatic nitrogens is 1. The van der Waals surface area contributed by atoms with Gasteiger partial charge in [-0.2, -0.15) is 0 Å². The number of amides is 1. The van der Waals surface area contributed by atoms with Crippen LogP contribution >= 0.6 is 11.3 Å². The smallest absolute Gasteiger partial charge is 0.223 e. The van der Waals surface area contributed by atoms with Crippen LogP contribution in [0.4, 0.5) is 0 Å². The van der Waals surface area contributed by atoms with Gasteiger partial charge in [-0.1, -0.05) is 0 Å². The second-order valence-corrected chi connectivity index (χ2v) is 6.02. The molecule has 0 bridgehead atoms. The molecule has 1 aliphatic carbocycles. The van der Waals surface area contributed by atoms with Crippen LogP contribution in [-0.4, -0.2) is 16.9 Å². The molecule has 1 aliphatic rings. The van der Waals surface area contributed by atoms with E-state index in [0.717, 1.165) is 34.8 Å². The van der Waals surface area contributed by atoms with Crippen LogP contribution < -0.4 is 11.1 Å². The van der Waals surface area contributed by atoms with Gasteiger partial charge >= 0.3 is 0 Å². The fourth-order valence-electron chi connectivity index (χ4n) is 2.30. The van der Waals surface area contributed by atoms with Crippen molar-refractivity contribution in [2.45, 2.75) is 45.7 Å². The van der Waals surface area contributed by atoms with Gasteiger partial charge in [0.1, 0.15) is 0 Å². The SMILES string of the molecule is Cc1nc(C)c(CNC(=O)C2CCC(N)C2)s1. The highest BCUT2D eigenvalue weighted by Gasteiger charge is 2.27. The average Bonchev–Trinajstić information content (AvgIpc) is 2.82. The Bertz CT molecular complexity index is 416. The summed E-state index contributed by atoms with van der Waals surface area (Å²) in [7, 11) is 0. The van der Waals surface area contributed by atoms with Gasteiger partial charge in [0, 0.05) is 16.8 Å². The van der Waals surface area contributed by atoms with E-state index in [0.29, 0.717) is 6.54 Å². The molecule has 2 rings (SSSR count). The molecule has 1 saturated carbocycles. The molecule has 1 aromatic rings. The fraction of sp³-hybridized carbons (Fsp3) is 0.667. The van der Waals surface area contributed by atoms with Gasteiger partial charge in [-0.3, -0.25) is 4.79 Å². The molecule has 94 valence electrons. The molecule has 1 aromatic heterocycles. The molecular weight excluding hydrogens is 234 g/mol. The summed E-state index contributed by atoms with van der Waals surface area (Å²) in [5.74, 6) is 0.253. The number of aryl methyl sites for hydroxylation is 2. The second kappa shape index (κ2) is 5.14. The summed E-state index contributed by atoms with van der Waals surface area (Å²) in [6.07, 6.45) is 2.72. The van der Waals surface area contributed by atoms with Crippen molar-refractivity contribution in [1.82, 2.24) is 10.3 Å². The number of rotatable bonds is 3. The van der Waals surface area contributed by atoms with Crippen molar-refractivity contribution in [3.05, 3.63) is 15.6 Å². The Morgan fingerprint density at radius 1 is 1.53 bits per heavy atom. The Kier molecular flexibility index (Phi) is 3.79. The Balaban J connectivity index is 1.86. The summed E-state index contributed by atoms with van der Waals surface area (Å²) in [6.45, 7) is 4.57. The molecule has 4 nitrogen and oxygen atoms in total. The maximum absolute atomic E-state index is 11.9. The number of nitrogens with two attached hydrogens (primary N) is 1. The predicted molar refractivity (Wildman–Crippen MR) is 68.8 cm³/mol. The number of carbonyl (C=O) groups is 1. The zero-order valence-corrected chi connectivity index (χ0v) is 11.1. The zero-order chi connectivity index (χ0) is 12.4. The molecule has 0 spiro atoms. The van der Waals surface area contributed by atoms with Gasteiger partial charge < -0.3 is 11.1 Å². The second-order valence-electron chi connectivity index (χ2n) is 4.73. The molecule has 2 unspecified atom stereocenters. The van der Waals surface area contributed by atoms with Gasteiger partial charge in [-0.15, -0.1) is 11.3 Å². The van der Waals surface area contributed by atoms with Crippen LogP contribution in [0, 0.1) is 19.8 Å². The van der Waals surface area contributed by atoms with Gasteiger partial charge in [0.05, 0.1) is 17.2 Å². The van der Waals surface area contributed by atoms with Crippen molar-refractivity contribution in [2.24, 2.45) is 11.7 Å². The van der Waals surface area contributed by atoms with Crippen LogP contribution in [0.25, 0.3) is 0 Å². The Morgan fingerprint density at radius 3 is 2.82 bits per heavy atom. The van der Waals surface area contributed by atoms with Gasteiger partial charge in [-0.25, -0.2) is 4.98 Å². The summed E-state index contributed by atoms with van der Waals surface area (Å²) < 4.78 is 0. The van der Waals surface area contributed by atoms with E-state index in [2.05, 4.69) is 10.3 Å². The van der Waals surface area contributed by atoms with Crippen molar-refractivity contribution in [3.63, 3.8) is 0 Å². The third-order valence-electron chi connectivity index (χ3n) is 3.27. The summed E-state index contributed by atoms with van der Waals surface area (Å²) in [5.41, 5.74) is 6.83. The van der Waals surface area contributed by atoms with Crippen molar-refractivity contribution < 1.29 is 4.79 Å². The quantitative estimate of drug-likeness (QED) is 0.858. The molecule has 17 heavy (non-hydrogen) atoms. The van der Waals surface area contributed by atoms with E-state index in [1.54, 1.807) is 11.3 Å². The van der Waals surface area contributed by atoms with Gasteiger partial charge in [-0.05, 0) is 33.1 Å². The topological polar surface area (TPSA) is 68.0 Å². The highest BCUT2D eigenvalue weighted by Crippen LogP contribution is 2.24. The fourth-order valence-corrected chi connectivity index (χ4v) is 3.18. The molecule has 2 atom stereocenters. The maximum atomic E-state index is 11.9. The summed E-state index contributed by atoms with van der Waals surface area (Å²) in [4.78, 5) is 17.4. The van der Waals surface area contributed by atoms with E-state index in [4.69, 9.17) is 5.73 Å². The number of hydrogen-bond acceptors (Lipinski definition) is 4. The molecule has 3 N–H and O–H groups in total. The third kappa shape index (κ3) is 3.04. The van der Waals surface area contributed by atoms with E-state index in [9.17, 15) is 4.79 Å². The first-order valence-corrected chi connectivity index (χ1v) is 6.84. The molecule has 1 fully saturated rings. The summed E-state index contributed by atoms with van der Waals surface area (Å²) >= 11 is 1.65. The third-order valence-corrected chi connectivity index (χ3v) is 4.34. The lowest BCUT2D eigenvalue weighted by Gasteiger charge is -2.10. The van der Waals surface area contributed by atoms with Crippen LogP contribution in [-0.2, 0) is 11.3 Å². The molecule has 0 saturated heterocycles. The van der Waals surface area contributed by atoms with Crippen molar-refractivity contribution in [1.29, 1.82) is 0 Å². The first kappa shape index (κ1) is 12.5. The standard InChI is InChI=1S/C12H19N3OS/c1-7-11(17-8(2)15-7)6-14-12(16)9-3-4-10(13)5-9/h9-10H,3-6,13H2,1-2H3,(H,14,16). The molecule has 0 radical (unpaired) electrons. The molecule has 5 heteroatoms. The number of hydrogen-bond donors (Lipinski definition) is 2. The van der Waals surface area contributed by atoms with Crippen molar-refractivity contribution in [3.8, 4) is 0 Å². The minimum atomic E-state index is 0.110. The highest BCUT2D eigenvalue weighted by molar-refractivity contribution is 7.11. The molecular formula is C12H19N3OS. The first-order chi connectivity index (χ1) is 8.06. The highest BCUT2D eigenvalue weighted by atomic mass is 32.1. The lowest BCUT2D eigenvalue weighted by molar-refractivity contribution is -0.124. The van der Waals surface area contributed by atoms with Gasteiger partial charge in [0.25, 0.3) is 0 Å². The van der Waals surface area contributed by atoms with E-state index in [-0.39, 0.29) is 17.9 Å². The van der Waals surface area contributed by atoms with Crippen LogP contribution in [0.15, 0.2) is 0 Å². The molecule has 1 heterocycles. The number of nitrogens with zero attached hydrogens (tertiary/aromatic N) is 1. The van der Waals surface area contributed by atoms with Crippen LogP contribution in [0.5, 0.6) is 0 Å². The summed E-state index contributed by atoms with van der Waals surface area (Å²) in [5, 5.41) is 4.04. The normalized spacial score (nSPS) is 23.9. The Morgan fingerprint density at radius 2 is 2.29 bits per heavy atom. The Labute approximate surface area is 106 Å². The van der Waals surface area contributed by atoms with Gasteiger partial charge in [0.2, 0.25) is 5.91 Å². The number of carbonyl (C=O) groups excluding carboxylic acids is 1. The molecule has 0 aliphatic heterocycles. The van der Waals surface area contributed by atoms with Crippen LogP contribution in [0.2, 0.25) is 0 Å². The van der Waals surface area contributed by atoms with E-state index in [1.807, 2.05) is 13.8 Å². The largest absolute Gasteiger partial charge is 0.351 e. The van der Waals surface area contributed by atoms with Crippen LogP contribution in [0.3, 0.4) is 0 Å². The van der Waals surface area contributed by atoms with Crippen molar-refractivity contribution >= 4 is 17.2 Å². The minimum absolute atomic E-state index is 0.110. The average molecular weight is 253 g/mol. The molecule has 1 amide bonds. The summed E-state index contributed by atoms with van der Waals surface area (Å²) in [6, 6.07) is 0.207. The van der Waals surface area contributed by atoms with E-state index < -0.39 is 0 Å². The van der Waals surface area contributed by atoms with E-state index in [1.165, 1.54) is 0 Å². The monoisotopic (exact) mass is 253 g/mol. The Hall–Kier alpha value is -0.940. The lowest BCUT2D eigenvalue weighted by Crippen LogP contribution is -2.29. The van der Waals surface area contributed by atoms with Crippen molar-refractivity contribution in [2.75, 3.05) is 0 Å². The number of nitrogens with one attached hydrogen (secondary N) is 1. The lowest BCUT2D eigenvalue weighted by atomic mass is 10.1. The molecule has 0 aromatic carbocycles. The minimum Gasteiger partial charge on any atom is -0.351 e. The van der Waals surface area contributed by atoms with Crippen LogP contribution in [0.1, 0.15) is 34.8 Å². The van der Waals surface area contributed by atoms with E-state index >= 15 is 0 Å². The predicted octanol–water partition coefficient (Wildman–Crippen LogP) is 1.50.